The molecule has 1 saturated carbocycles. The van der Waals surface area contributed by atoms with Crippen LogP contribution in [0.4, 0.5) is 0 Å². The van der Waals surface area contributed by atoms with Gasteiger partial charge in [-0.3, -0.25) is 4.79 Å². The molecule has 6 nitrogen and oxygen atoms in total. The Balaban J connectivity index is 2.15. The Morgan fingerprint density at radius 3 is 2.68 bits per heavy atom. The van der Waals surface area contributed by atoms with Crippen molar-refractivity contribution in [3.63, 3.8) is 0 Å². The van der Waals surface area contributed by atoms with Crippen molar-refractivity contribution in [2.45, 2.75) is 50.4 Å². The van der Waals surface area contributed by atoms with Gasteiger partial charge in [-0.2, -0.15) is 0 Å². The molecule has 0 saturated heterocycles. The van der Waals surface area contributed by atoms with E-state index >= 15 is 0 Å². The fraction of sp³-hybridized carbons (Fsp3) is 0.750. The second-order valence-corrected chi connectivity index (χ2v) is 6.29. The van der Waals surface area contributed by atoms with E-state index in [0.717, 1.165) is 25.2 Å². The van der Waals surface area contributed by atoms with Crippen LogP contribution < -0.4 is 0 Å². The molecule has 19 heavy (non-hydrogen) atoms. The van der Waals surface area contributed by atoms with Crippen molar-refractivity contribution in [3.8, 4) is 0 Å². The molecule has 0 amide bonds. The van der Waals surface area contributed by atoms with Crippen LogP contribution in [0, 0.1) is 5.92 Å². The highest BCUT2D eigenvalue weighted by Gasteiger charge is 2.33. The lowest BCUT2D eigenvalue weighted by molar-refractivity contribution is -0.133. The Morgan fingerprint density at radius 2 is 2.16 bits per heavy atom. The molecule has 1 aliphatic rings. The molecule has 7 heteroatoms. The molecular formula is C12H19N3O3S. The van der Waals surface area contributed by atoms with Crippen LogP contribution in [0.25, 0.3) is 0 Å². The van der Waals surface area contributed by atoms with Gasteiger partial charge >= 0.3 is 5.97 Å². The maximum Gasteiger partial charge on any atom is 0.313 e. The van der Waals surface area contributed by atoms with Crippen molar-refractivity contribution in [2.24, 2.45) is 5.92 Å². The number of thioether (sulfide) groups is 1. The summed E-state index contributed by atoms with van der Waals surface area (Å²) in [6.45, 7) is 4.98. The summed E-state index contributed by atoms with van der Waals surface area (Å²) in [5, 5.41) is 27.1. The van der Waals surface area contributed by atoms with Crippen LogP contribution in [0.5, 0.6) is 0 Å². The van der Waals surface area contributed by atoms with E-state index in [1.807, 2.05) is 4.57 Å². The van der Waals surface area contributed by atoms with Crippen LogP contribution in [0.2, 0.25) is 0 Å². The summed E-state index contributed by atoms with van der Waals surface area (Å²) in [4.78, 5) is 10.6. The molecule has 1 heterocycles. The monoisotopic (exact) mass is 285 g/mol. The molecule has 2 rings (SSSR count). The summed E-state index contributed by atoms with van der Waals surface area (Å²) in [5.41, 5.74) is 0. The van der Waals surface area contributed by atoms with Gasteiger partial charge in [-0.15, -0.1) is 10.2 Å². The number of aliphatic hydroxyl groups is 1. The summed E-state index contributed by atoms with van der Waals surface area (Å²) in [7, 11) is 0. The molecule has 0 atom stereocenters. The van der Waals surface area contributed by atoms with Crippen LogP contribution in [-0.4, -0.2) is 42.8 Å². The summed E-state index contributed by atoms with van der Waals surface area (Å²) >= 11 is 1.20. The Hall–Kier alpha value is -1.08. The Morgan fingerprint density at radius 1 is 1.47 bits per heavy atom. The molecule has 1 fully saturated rings. The van der Waals surface area contributed by atoms with Crippen LogP contribution in [0.15, 0.2) is 5.16 Å². The average Bonchev–Trinajstić information content (AvgIpc) is 2.64. The number of aliphatic hydroxyl groups excluding tert-OH is 1. The minimum atomic E-state index is -0.857. The summed E-state index contributed by atoms with van der Waals surface area (Å²) < 4.78 is 2.01. The van der Waals surface area contributed by atoms with Crippen molar-refractivity contribution in [1.82, 2.24) is 14.8 Å². The molecule has 1 aromatic heterocycles. The number of hydrogen-bond donors (Lipinski definition) is 2. The van der Waals surface area contributed by atoms with E-state index in [-0.39, 0.29) is 17.8 Å². The van der Waals surface area contributed by atoms with Gasteiger partial charge in [-0.05, 0) is 18.8 Å². The number of carbonyl (C=O) groups is 1. The molecule has 1 aliphatic carbocycles. The lowest BCUT2D eigenvalue weighted by Gasteiger charge is -2.31. The molecule has 1 aromatic rings. The zero-order chi connectivity index (χ0) is 14.0. The first-order chi connectivity index (χ1) is 8.97. The van der Waals surface area contributed by atoms with Gasteiger partial charge in [0, 0.05) is 12.5 Å². The fourth-order valence-corrected chi connectivity index (χ4v) is 2.85. The number of hydrogen-bond acceptors (Lipinski definition) is 5. The molecule has 2 N–H and O–H groups in total. The minimum absolute atomic E-state index is 0.0104. The quantitative estimate of drug-likeness (QED) is 0.767. The van der Waals surface area contributed by atoms with Crippen molar-refractivity contribution >= 4 is 17.7 Å². The van der Waals surface area contributed by atoms with Crippen LogP contribution in [0.3, 0.4) is 0 Å². The standard InChI is InChI=1S/C12H19N3O3S/c1-7(2)5-15-11(8-3-9(16)4-8)13-14-12(15)19-6-10(17)18/h7-9,16H,3-6H2,1-2H3,(H,17,18). The Labute approximate surface area is 116 Å². The minimum Gasteiger partial charge on any atom is -0.481 e. The zero-order valence-corrected chi connectivity index (χ0v) is 11.9. The van der Waals surface area contributed by atoms with Crippen LogP contribution in [0.1, 0.15) is 38.4 Å². The van der Waals surface area contributed by atoms with E-state index in [1.165, 1.54) is 11.8 Å². The number of aromatic nitrogens is 3. The third-order valence-electron chi connectivity index (χ3n) is 3.10. The molecule has 0 unspecified atom stereocenters. The highest BCUT2D eigenvalue weighted by Crippen LogP contribution is 2.37. The topological polar surface area (TPSA) is 88.2 Å². The zero-order valence-electron chi connectivity index (χ0n) is 11.1. The fourth-order valence-electron chi connectivity index (χ4n) is 2.17. The van der Waals surface area contributed by atoms with Crippen LogP contribution in [-0.2, 0) is 11.3 Å². The van der Waals surface area contributed by atoms with Crippen molar-refractivity contribution in [1.29, 1.82) is 0 Å². The molecule has 0 bridgehead atoms. The van der Waals surface area contributed by atoms with E-state index < -0.39 is 5.97 Å². The Bertz CT molecular complexity index is 455. The molecule has 0 radical (unpaired) electrons. The lowest BCUT2D eigenvalue weighted by atomic mass is 9.82. The normalized spacial score (nSPS) is 22.5. The first-order valence-electron chi connectivity index (χ1n) is 6.43. The molecule has 106 valence electrons. The maximum absolute atomic E-state index is 10.6. The number of carboxylic acids is 1. The third kappa shape index (κ3) is 3.48. The third-order valence-corrected chi connectivity index (χ3v) is 4.05. The lowest BCUT2D eigenvalue weighted by Crippen LogP contribution is -2.29. The SMILES string of the molecule is CC(C)Cn1c(SCC(=O)O)nnc1C1CC(O)C1. The summed E-state index contributed by atoms with van der Waals surface area (Å²) in [5.74, 6) is 0.699. The average molecular weight is 285 g/mol. The van der Waals surface area contributed by atoms with Gasteiger partial charge in [0.2, 0.25) is 0 Å². The number of aliphatic carboxylic acids is 1. The van der Waals surface area contributed by atoms with E-state index in [4.69, 9.17) is 5.11 Å². The van der Waals surface area contributed by atoms with E-state index in [2.05, 4.69) is 24.0 Å². The van der Waals surface area contributed by atoms with Crippen molar-refractivity contribution < 1.29 is 15.0 Å². The summed E-state index contributed by atoms with van der Waals surface area (Å²) in [6, 6.07) is 0. The van der Waals surface area contributed by atoms with Gasteiger partial charge in [0.25, 0.3) is 0 Å². The number of nitrogens with zero attached hydrogens (tertiary/aromatic N) is 3. The second kappa shape index (κ2) is 5.92. The molecule has 0 aromatic carbocycles. The van der Waals surface area contributed by atoms with Gasteiger partial charge in [0.05, 0.1) is 11.9 Å². The van der Waals surface area contributed by atoms with Gasteiger partial charge in [-0.1, -0.05) is 25.6 Å². The maximum atomic E-state index is 10.6. The predicted octanol–water partition coefficient (Wildman–Crippen LogP) is 1.35. The molecule has 0 spiro atoms. The van der Waals surface area contributed by atoms with Gasteiger partial charge in [0.1, 0.15) is 5.82 Å². The number of carboxylic acid groups (broad SMARTS) is 1. The number of rotatable bonds is 6. The second-order valence-electron chi connectivity index (χ2n) is 5.35. The first-order valence-corrected chi connectivity index (χ1v) is 7.41. The van der Waals surface area contributed by atoms with Gasteiger partial charge in [0.15, 0.2) is 5.16 Å². The van der Waals surface area contributed by atoms with Gasteiger partial charge < -0.3 is 14.8 Å². The molecular weight excluding hydrogens is 266 g/mol. The smallest absolute Gasteiger partial charge is 0.313 e. The van der Waals surface area contributed by atoms with Crippen molar-refractivity contribution in [3.05, 3.63) is 5.82 Å². The molecule has 0 aliphatic heterocycles. The highest BCUT2D eigenvalue weighted by atomic mass is 32.2. The van der Waals surface area contributed by atoms with E-state index in [1.54, 1.807) is 0 Å². The Kier molecular flexibility index (Phi) is 4.46. The van der Waals surface area contributed by atoms with Crippen molar-refractivity contribution in [2.75, 3.05) is 5.75 Å². The van der Waals surface area contributed by atoms with Crippen LogP contribution >= 0.6 is 11.8 Å². The summed E-state index contributed by atoms with van der Waals surface area (Å²) in [6.07, 6.45) is 1.21. The largest absolute Gasteiger partial charge is 0.481 e. The highest BCUT2D eigenvalue weighted by molar-refractivity contribution is 7.99. The van der Waals surface area contributed by atoms with Gasteiger partial charge in [-0.25, -0.2) is 0 Å². The first kappa shape index (κ1) is 14.3. The van der Waals surface area contributed by atoms with E-state index in [0.29, 0.717) is 11.1 Å². The predicted molar refractivity (Wildman–Crippen MR) is 71.2 cm³/mol. The van der Waals surface area contributed by atoms with E-state index in [9.17, 15) is 9.90 Å².